The lowest BCUT2D eigenvalue weighted by Gasteiger charge is -2.34. The molecule has 0 saturated carbocycles. The first kappa shape index (κ1) is 25.5. The number of benzene rings is 1. The number of aliphatic carboxylic acids is 1. The molecule has 1 aromatic heterocycles. The Morgan fingerprint density at radius 1 is 1.03 bits per heavy atom. The van der Waals surface area contributed by atoms with E-state index in [0.717, 1.165) is 55.9 Å². The number of carboxylic acid groups (broad SMARTS) is 1. The van der Waals surface area contributed by atoms with Crippen molar-refractivity contribution in [1.82, 2.24) is 14.8 Å². The Morgan fingerprint density at radius 2 is 1.76 bits per heavy atom. The number of nitrogens with zero attached hydrogens (tertiary/aromatic N) is 3. The van der Waals surface area contributed by atoms with Crippen molar-refractivity contribution in [1.29, 1.82) is 0 Å². The molecule has 0 aliphatic carbocycles. The number of carbonyl (C=O) groups excluding carboxylic acids is 1. The average molecular weight is 517 g/mol. The van der Waals surface area contributed by atoms with Crippen LogP contribution < -0.4 is 5.32 Å². The zero-order valence-electron chi connectivity index (χ0n) is 20.5. The monoisotopic (exact) mass is 516 g/mol. The molecule has 10 heteroatoms. The molecule has 2 aromatic rings. The van der Waals surface area contributed by atoms with Crippen LogP contribution in [0.1, 0.15) is 60.0 Å². The molecule has 3 aliphatic rings. The first-order valence-corrected chi connectivity index (χ1v) is 12.9. The van der Waals surface area contributed by atoms with Gasteiger partial charge in [0.15, 0.2) is 0 Å². The highest BCUT2D eigenvalue weighted by Gasteiger charge is 2.39. The van der Waals surface area contributed by atoms with Crippen LogP contribution in [0.4, 0.5) is 19.0 Å². The number of hydrogen-bond acceptors (Lipinski definition) is 5. The molecule has 0 spiro atoms. The maximum Gasteiger partial charge on any atom is 0.416 e. The first-order chi connectivity index (χ1) is 17.7. The zero-order chi connectivity index (χ0) is 26.2. The summed E-state index contributed by atoms with van der Waals surface area (Å²) in [7, 11) is 0. The largest absolute Gasteiger partial charge is 0.480 e. The molecule has 4 heterocycles. The van der Waals surface area contributed by atoms with Gasteiger partial charge in [0, 0.05) is 44.3 Å². The minimum Gasteiger partial charge on any atom is -0.480 e. The van der Waals surface area contributed by atoms with E-state index in [1.165, 1.54) is 17.7 Å². The lowest BCUT2D eigenvalue weighted by atomic mass is 9.91. The summed E-state index contributed by atoms with van der Waals surface area (Å²) in [5.41, 5.74) is 1.78. The molecule has 198 valence electrons. The zero-order valence-corrected chi connectivity index (χ0v) is 20.5. The summed E-state index contributed by atoms with van der Waals surface area (Å²) >= 11 is 0. The fourth-order valence-electron chi connectivity index (χ4n) is 5.81. The van der Waals surface area contributed by atoms with Crippen molar-refractivity contribution in [2.75, 3.05) is 38.0 Å². The van der Waals surface area contributed by atoms with Crippen LogP contribution in [0.3, 0.4) is 0 Å². The van der Waals surface area contributed by atoms with Gasteiger partial charge in [-0.15, -0.1) is 0 Å². The highest BCUT2D eigenvalue weighted by Crippen LogP contribution is 2.34. The number of piperidine rings is 1. The number of halogens is 3. The topological polar surface area (TPSA) is 85.8 Å². The number of fused-ring (bicyclic) bond motifs is 1. The van der Waals surface area contributed by atoms with E-state index in [4.69, 9.17) is 4.98 Å². The number of amides is 1. The minimum atomic E-state index is -4.48. The van der Waals surface area contributed by atoms with Crippen molar-refractivity contribution in [2.24, 2.45) is 5.92 Å². The van der Waals surface area contributed by atoms with Crippen LogP contribution in [0.2, 0.25) is 0 Å². The third-order valence-electron chi connectivity index (χ3n) is 7.86. The Labute approximate surface area is 213 Å². The molecule has 7 nitrogen and oxygen atoms in total. The van der Waals surface area contributed by atoms with E-state index in [9.17, 15) is 27.9 Å². The number of alkyl halides is 3. The highest BCUT2D eigenvalue weighted by atomic mass is 19.4. The van der Waals surface area contributed by atoms with Gasteiger partial charge in [0.1, 0.15) is 11.9 Å². The fourth-order valence-corrected chi connectivity index (χ4v) is 5.81. The SMILES string of the molecule is O=C(O)[C@@H](c1ccc(C(F)(F)F)cc1)N1CC[C@@H](C(=O)N2CCC(c3ccc4c(n3)NCCC4)CC2)C1. The number of aryl methyl sites for hydroxylation is 1. The molecule has 37 heavy (non-hydrogen) atoms. The number of hydrogen-bond donors (Lipinski definition) is 2. The second-order valence-corrected chi connectivity index (χ2v) is 10.2. The van der Waals surface area contributed by atoms with Gasteiger partial charge in [-0.05, 0) is 61.4 Å². The summed E-state index contributed by atoms with van der Waals surface area (Å²) in [6.07, 6.45) is -0.133. The Bertz CT molecular complexity index is 1150. The Kier molecular flexibility index (Phi) is 7.11. The van der Waals surface area contributed by atoms with E-state index in [0.29, 0.717) is 32.0 Å². The molecule has 5 rings (SSSR count). The first-order valence-electron chi connectivity index (χ1n) is 12.9. The van der Waals surface area contributed by atoms with E-state index in [2.05, 4.69) is 17.4 Å². The van der Waals surface area contributed by atoms with Gasteiger partial charge in [-0.1, -0.05) is 18.2 Å². The molecular formula is C27H31F3N4O3. The van der Waals surface area contributed by atoms with Crippen LogP contribution >= 0.6 is 0 Å². The molecule has 2 atom stereocenters. The summed E-state index contributed by atoms with van der Waals surface area (Å²) in [6, 6.07) is 7.41. The van der Waals surface area contributed by atoms with Crippen molar-refractivity contribution < 1.29 is 27.9 Å². The van der Waals surface area contributed by atoms with Crippen LogP contribution in [0.15, 0.2) is 36.4 Å². The van der Waals surface area contributed by atoms with E-state index in [1.807, 2.05) is 4.90 Å². The number of likely N-dealkylation sites (tertiary alicyclic amines) is 2. The lowest BCUT2D eigenvalue weighted by Crippen LogP contribution is -2.42. The Hall–Kier alpha value is -3.14. The summed E-state index contributed by atoms with van der Waals surface area (Å²) in [5, 5.41) is 13.2. The lowest BCUT2D eigenvalue weighted by molar-refractivity contribution is -0.144. The normalized spacial score (nSPS) is 21.8. The van der Waals surface area contributed by atoms with Crippen molar-refractivity contribution in [3.05, 3.63) is 58.8 Å². The summed E-state index contributed by atoms with van der Waals surface area (Å²) in [5.74, 6) is -0.152. The highest BCUT2D eigenvalue weighted by molar-refractivity contribution is 5.80. The number of nitrogens with one attached hydrogen (secondary N) is 1. The molecule has 2 N–H and O–H groups in total. The molecule has 0 bridgehead atoms. The van der Waals surface area contributed by atoms with E-state index < -0.39 is 23.8 Å². The van der Waals surface area contributed by atoms with Crippen molar-refractivity contribution in [2.45, 2.75) is 50.2 Å². The quantitative estimate of drug-likeness (QED) is 0.616. The van der Waals surface area contributed by atoms with Gasteiger partial charge >= 0.3 is 12.1 Å². The summed E-state index contributed by atoms with van der Waals surface area (Å²) in [4.78, 5) is 33.7. The second kappa shape index (κ2) is 10.3. The number of aromatic nitrogens is 1. The van der Waals surface area contributed by atoms with Gasteiger partial charge < -0.3 is 15.3 Å². The van der Waals surface area contributed by atoms with Crippen LogP contribution in [-0.2, 0) is 22.2 Å². The number of carbonyl (C=O) groups is 2. The summed E-state index contributed by atoms with van der Waals surface area (Å²) < 4.78 is 38.7. The maximum absolute atomic E-state index is 13.3. The van der Waals surface area contributed by atoms with E-state index in [-0.39, 0.29) is 23.9 Å². The van der Waals surface area contributed by atoms with Crippen LogP contribution in [-0.4, -0.2) is 64.5 Å². The van der Waals surface area contributed by atoms with Gasteiger partial charge in [-0.3, -0.25) is 14.5 Å². The smallest absolute Gasteiger partial charge is 0.416 e. The van der Waals surface area contributed by atoms with Gasteiger partial charge in [0.05, 0.1) is 11.5 Å². The van der Waals surface area contributed by atoms with Gasteiger partial charge in [0.2, 0.25) is 5.91 Å². The average Bonchev–Trinajstić information content (AvgIpc) is 3.37. The van der Waals surface area contributed by atoms with Crippen LogP contribution in [0, 0.1) is 5.92 Å². The third-order valence-corrected chi connectivity index (χ3v) is 7.86. The number of anilines is 1. The molecule has 2 fully saturated rings. The second-order valence-electron chi connectivity index (χ2n) is 10.2. The van der Waals surface area contributed by atoms with E-state index in [1.54, 1.807) is 4.90 Å². The van der Waals surface area contributed by atoms with E-state index >= 15 is 0 Å². The molecule has 0 radical (unpaired) electrons. The molecule has 1 amide bonds. The molecule has 0 unspecified atom stereocenters. The third kappa shape index (κ3) is 5.44. The van der Waals surface area contributed by atoms with Crippen molar-refractivity contribution in [3.8, 4) is 0 Å². The number of pyridine rings is 1. The predicted octanol–water partition coefficient (Wildman–Crippen LogP) is 4.31. The fraction of sp³-hybridized carbons (Fsp3) is 0.519. The molecule has 3 aliphatic heterocycles. The molecule has 2 saturated heterocycles. The maximum atomic E-state index is 13.3. The van der Waals surface area contributed by atoms with Crippen LogP contribution in [0.25, 0.3) is 0 Å². The van der Waals surface area contributed by atoms with Gasteiger partial charge in [-0.25, -0.2) is 4.98 Å². The predicted molar refractivity (Wildman–Crippen MR) is 131 cm³/mol. The van der Waals surface area contributed by atoms with Gasteiger partial charge in [0.25, 0.3) is 0 Å². The number of carboxylic acids is 1. The summed E-state index contributed by atoms with van der Waals surface area (Å²) in [6.45, 7) is 2.88. The van der Waals surface area contributed by atoms with Crippen molar-refractivity contribution >= 4 is 17.7 Å². The molecular weight excluding hydrogens is 485 g/mol. The Balaban J connectivity index is 1.18. The minimum absolute atomic E-state index is 0.0255. The van der Waals surface area contributed by atoms with Gasteiger partial charge in [-0.2, -0.15) is 13.2 Å². The van der Waals surface area contributed by atoms with Crippen molar-refractivity contribution in [3.63, 3.8) is 0 Å². The molecule has 1 aromatic carbocycles. The number of rotatable bonds is 5. The van der Waals surface area contributed by atoms with Crippen LogP contribution in [0.5, 0.6) is 0 Å². The Morgan fingerprint density at radius 3 is 2.43 bits per heavy atom. The standard InChI is InChI=1S/C27H31F3N4O3/c28-27(29,30)21-6-3-18(4-7-21)23(26(36)37)34-15-11-20(16-34)25(35)33-13-9-17(10-14-33)22-8-5-19-2-1-12-31-24(19)32-22/h3-8,17,20,23H,1-2,9-16H2,(H,31,32)(H,36,37)/t20-,23-/m1/s1.